The molecule has 1 saturated heterocycles. The van der Waals surface area contributed by atoms with Gasteiger partial charge in [0.2, 0.25) is 5.91 Å². The Balaban J connectivity index is 1.93. The smallest absolute Gasteiger partial charge is 0.216 e. The number of hydrogen-bond donors (Lipinski definition) is 2. The van der Waals surface area contributed by atoms with E-state index in [2.05, 4.69) is 44.3 Å². The van der Waals surface area contributed by atoms with Gasteiger partial charge in [0, 0.05) is 42.8 Å². The van der Waals surface area contributed by atoms with Crippen LogP contribution in [0.2, 0.25) is 0 Å². The fourth-order valence-electron chi connectivity index (χ4n) is 2.77. The standard InChI is InChI=1S/C16H24BrN3O/c1-11(18)15-4-3-14(9-16(15)17)20-7-5-13(6-8-20)10-19-12(2)21/h3-4,9,11,13H,5-8,10,18H2,1-2H3,(H,19,21)/t11-/m0/s1. The summed E-state index contributed by atoms with van der Waals surface area (Å²) in [6, 6.07) is 6.45. The zero-order valence-electron chi connectivity index (χ0n) is 12.7. The molecule has 0 bridgehead atoms. The lowest BCUT2D eigenvalue weighted by molar-refractivity contribution is -0.119. The van der Waals surface area contributed by atoms with Crippen LogP contribution in [0.3, 0.4) is 0 Å². The summed E-state index contributed by atoms with van der Waals surface area (Å²) in [5.41, 5.74) is 8.32. The number of carbonyl (C=O) groups excluding carboxylic acids is 1. The van der Waals surface area contributed by atoms with E-state index >= 15 is 0 Å². The number of rotatable bonds is 4. The number of nitrogens with one attached hydrogen (secondary N) is 1. The van der Waals surface area contributed by atoms with Gasteiger partial charge in [-0.3, -0.25) is 4.79 Å². The SMILES string of the molecule is CC(=O)NCC1CCN(c2ccc([C@H](C)N)c(Br)c2)CC1. The van der Waals surface area contributed by atoms with Gasteiger partial charge in [0.15, 0.2) is 0 Å². The number of carbonyl (C=O) groups is 1. The van der Waals surface area contributed by atoms with E-state index in [1.807, 2.05) is 6.92 Å². The van der Waals surface area contributed by atoms with Crippen molar-refractivity contribution >= 4 is 27.5 Å². The van der Waals surface area contributed by atoms with Crippen molar-refractivity contribution in [3.63, 3.8) is 0 Å². The van der Waals surface area contributed by atoms with E-state index in [1.54, 1.807) is 6.92 Å². The summed E-state index contributed by atoms with van der Waals surface area (Å²) >= 11 is 3.61. The molecule has 0 radical (unpaired) electrons. The third-order valence-electron chi connectivity index (χ3n) is 4.09. The Hall–Kier alpha value is -1.07. The molecule has 1 fully saturated rings. The lowest BCUT2D eigenvalue weighted by Crippen LogP contribution is -2.38. The summed E-state index contributed by atoms with van der Waals surface area (Å²) in [6.45, 7) is 6.44. The summed E-state index contributed by atoms with van der Waals surface area (Å²) in [4.78, 5) is 13.4. The molecule has 3 N–H and O–H groups in total. The minimum atomic E-state index is 0.0387. The lowest BCUT2D eigenvalue weighted by Gasteiger charge is -2.34. The van der Waals surface area contributed by atoms with E-state index in [-0.39, 0.29) is 11.9 Å². The van der Waals surface area contributed by atoms with E-state index in [1.165, 1.54) is 5.69 Å². The molecule has 1 atom stereocenters. The molecule has 1 aromatic rings. The van der Waals surface area contributed by atoms with Gasteiger partial charge >= 0.3 is 0 Å². The van der Waals surface area contributed by atoms with E-state index < -0.39 is 0 Å². The molecule has 2 rings (SSSR count). The second-order valence-electron chi connectivity index (χ2n) is 5.86. The molecule has 0 saturated carbocycles. The molecule has 21 heavy (non-hydrogen) atoms. The Kier molecular flexibility index (Phi) is 5.65. The maximum Gasteiger partial charge on any atom is 0.216 e. The summed E-state index contributed by atoms with van der Waals surface area (Å²) in [5, 5.41) is 2.92. The lowest BCUT2D eigenvalue weighted by atomic mass is 9.96. The fourth-order valence-corrected chi connectivity index (χ4v) is 3.49. The normalized spacial score (nSPS) is 17.6. The van der Waals surface area contributed by atoms with Crippen molar-refractivity contribution in [2.45, 2.75) is 32.7 Å². The van der Waals surface area contributed by atoms with Crippen molar-refractivity contribution < 1.29 is 4.79 Å². The van der Waals surface area contributed by atoms with Crippen LogP contribution in [0.4, 0.5) is 5.69 Å². The molecule has 5 heteroatoms. The van der Waals surface area contributed by atoms with Crippen LogP contribution in [0, 0.1) is 5.92 Å². The summed E-state index contributed by atoms with van der Waals surface area (Å²) < 4.78 is 1.08. The number of piperidine rings is 1. The molecule has 0 spiro atoms. The van der Waals surface area contributed by atoms with Crippen molar-refractivity contribution in [1.82, 2.24) is 5.32 Å². The highest BCUT2D eigenvalue weighted by atomic mass is 79.9. The predicted molar refractivity (Wildman–Crippen MR) is 90.4 cm³/mol. The molecule has 1 aliphatic rings. The Morgan fingerprint density at radius 2 is 2.14 bits per heavy atom. The highest BCUT2D eigenvalue weighted by molar-refractivity contribution is 9.10. The summed E-state index contributed by atoms with van der Waals surface area (Å²) in [6.07, 6.45) is 2.24. The van der Waals surface area contributed by atoms with Crippen LogP contribution in [0.5, 0.6) is 0 Å². The van der Waals surface area contributed by atoms with Crippen molar-refractivity contribution in [3.8, 4) is 0 Å². The molecule has 0 aromatic heterocycles. The molecule has 4 nitrogen and oxygen atoms in total. The van der Waals surface area contributed by atoms with Crippen LogP contribution in [0.25, 0.3) is 0 Å². The van der Waals surface area contributed by atoms with Gasteiger partial charge in [-0.05, 0) is 43.4 Å². The van der Waals surface area contributed by atoms with Gasteiger partial charge in [0.25, 0.3) is 0 Å². The zero-order chi connectivity index (χ0) is 15.4. The summed E-state index contributed by atoms with van der Waals surface area (Å²) in [5.74, 6) is 0.657. The molecule has 1 aliphatic heterocycles. The van der Waals surface area contributed by atoms with Gasteiger partial charge < -0.3 is 16.0 Å². The molecular formula is C16H24BrN3O. The van der Waals surface area contributed by atoms with Gasteiger partial charge in [-0.15, -0.1) is 0 Å². The first-order valence-corrected chi connectivity index (χ1v) is 8.31. The maximum absolute atomic E-state index is 11.0. The summed E-state index contributed by atoms with van der Waals surface area (Å²) in [7, 11) is 0. The van der Waals surface area contributed by atoms with E-state index in [0.29, 0.717) is 5.92 Å². The van der Waals surface area contributed by atoms with Crippen molar-refractivity contribution in [2.24, 2.45) is 11.7 Å². The molecule has 0 aliphatic carbocycles. The third kappa shape index (κ3) is 4.45. The Morgan fingerprint density at radius 3 is 2.67 bits per heavy atom. The average Bonchev–Trinajstić information content (AvgIpc) is 2.45. The van der Waals surface area contributed by atoms with Gasteiger partial charge in [-0.2, -0.15) is 0 Å². The number of amides is 1. The highest BCUT2D eigenvalue weighted by Crippen LogP contribution is 2.29. The van der Waals surface area contributed by atoms with Crippen LogP contribution in [-0.4, -0.2) is 25.5 Å². The first-order chi connectivity index (χ1) is 9.97. The highest BCUT2D eigenvalue weighted by Gasteiger charge is 2.20. The van der Waals surface area contributed by atoms with Crippen LogP contribution in [0.15, 0.2) is 22.7 Å². The van der Waals surface area contributed by atoms with Crippen LogP contribution in [-0.2, 0) is 4.79 Å². The number of halogens is 1. The second-order valence-corrected chi connectivity index (χ2v) is 6.72. The minimum Gasteiger partial charge on any atom is -0.371 e. The molecule has 1 aromatic carbocycles. The molecule has 0 unspecified atom stereocenters. The van der Waals surface area contributed by atoms with Gasteiger partial charge in [0.05, 0.1) is 0 Å². The van der Waals surface area contributed by atoms with Crippen LogP contribution < -0.4 is 16.0 Å². The predicted octanol–water partition coefficient (Wildman–Crippen LogP) is 2.82. The number of nitrogens with zero attached hydrogens (tertiary/aromatic N) is 1. The number of hydrogen-bond acceptors (Lipinski definition) is 3. The third-order valence-corrected chi connectivity index (χ3v) is 4.78. The Labute approximate surface area is 135 Å². The van der Waals surface area contributed by atoms with Crippen LogP contribution >= 0.6 is 15.9 Å². The van der Waals surface area contributed by atoms with Crippen LogP contribution in [0.1, 0.15) is 38.3 Å². The molecule has 1 heterocycles. The zero-order valence-corrected chi connectivity index (χ0v) is 14.3. The first kappa shape index (κ1) is 16.3. The Morgan fingerprint density at radius 1 is 1.48 bits per heavy atom. The van der Waals surface area contributed by atoms with Gasteiger partial charge in [-0.1, -0.05) is 22.0 Å². The molecule has 1 amide bonds. The van der Waals surface area contributed by atoms with Gasteiger partial charge in [-0.25, -0.2) is 0 Å². The quantitative estimate of drug-likeness (QED) is 0.874. The topological polar surface area (TPSA) is 58.4 Å². The Bertz CT molecular complexity index is 496. The van der Waals surface area contributed by atoms with Gasteiger partial charge in [0.1, 0.15) is 0 Å². The van der Waals surface area contributed by atoms with Crippen molar-refractivity contribution in [1.29, 1.82) is 0 Å². The minimum absolute atomic E-state index is 0.0387. The van der Waals surface area contributed by atoms with E-state index in [4.69, 9.17) is 5.73 Å². The maximum atomic E-state index is 11.0. The van der Waals surface area contributed by atoms with Crippen molar-refractivity contribution in [3.05, 3.63) is 28.2 Å². The molecular weight excluding hydrogens is 330 g/mol. The van der Waals surface area contributed by atoms with E-state index in [0.717, 1.165) is 42.5 Å². The average molecular weight is 354 g/mol. The van der Waals surface area contributed by atoms with E-state index in [9.17, 15) is 4.79 Å². The number of benzene rings is 1. The number of anilines is 1. The molecule has 116 valence electrons. The number of nitrogens with two attached hydrogens (primary N) is 1. The first-order valence-electron chi connectivity index (χ1n) is 7.51. The fraction of sp³-hybridized carbons (Fsp3) is 0.562. The monoisotopic (exact) mass is 353 g/mol. The second kappa shape index (κ2) is 7.27. The largest absolute Gasteiger partial charge is 0.371 e. The van der Waals surface area contributed by atoms with Crippen molar-refractivity contribution in [2.75, 3.05) is 24.5 Å².